The Morgan fingerprint density at radius 1 is 1.00 bits per heavy atom. The van der Waals surface area contributed by atoms with Gasteiger partial charge in [-0.3, -0.25) is 0 Å². The van der Waals surface area contributed by atoms with Gasteiger partial charge in [0.1, 0.15) is 6.10 Å². The summed E-state index contributed by atoms with van der Waals surface area (Å²) >= 11 is 0. The highest BCUT2D eigenvalue weighted by Crippen LogP contribution is 2.38. The number of carbonyl (C=O) groups is 1. The first kappa shape index (κ1) is 19.4. The molecule has 0 unspecified atom stereocenters. The summed E-state index contributed by atoms with van der Waals surface area (Å²) in [5, 5.41) is 2.52. The second kappa shape index (κ2) is 7.47. The fourth-order valence-electron chi connectivity index (χ4n) is 4.49. The Balaban J connectivity index is 1.59. The molecular weight excluding hydrogens is 368 g/mol. The van der Waals surface area contributed by atoms with E-state index in [0.29, 0.717) is 6.61 Å². The van der Waals surface area contributed by atoms with Crippen molar-refractivity contribution in [2.75, 3.05) is 6.61 Å². The van der Waals surface area contributed by atoms with Crippen molar-refractivity contribution < 1.29 is 18.7 Å². The van der Waals surface area contributed by atoms with Crippen LogP contribution >= 0.6 is 0 Å². The van der Waals surface area contributed by atoms with Crippen molar-refractivity contribution in [1.82, 2.24) is 0 Å². The first-order chi connectivity index (χ1) is 13.4. The van der Waals surface area contributed by atoms with E-state index in [0.717, 1.165) is 12.8 Å². The number of esters is 1. The van der Waals surface area contributed by atoms with E-state index in [1.54, 1.807) is 0 Å². The quantitative estimate of drug-likeness (QED) is 0.556. The fraction of sp³-hybridized carbons (Fsp3) is 0.435. The van der Waals surface area contributed by atoms with Gasteiger partial charge in [0.25, 0.3) is 8.32 Å². The van der Waals surface area contributed by atoms with Gasteiger partial charge in [0.15, 0.2) is 6.10 Å². The predicted octanol–water partition coefficient (Wildman–Crippen LogP) is 3.04. The summed E-state index contributed by atoms with van der Waals surface area (Å²) in [4.78, 5) is 11.4. The Bertz CT molecular complexity index is 776. The molecule has 2 aromatic carbocycles. The van der Waals surface area contributed by atoms with E-state index in [1.165, 1.54) is 10.4 Å². The normalized spacial score (nSPS) is 24.4. The third-order valence-electron chi connectivity index (χ3n) is 5.85. The molecule has 0 spiro atoms. The van der Waals surface area contributed by atoms with Crippen molar-refractivity contribution >= 4 is 24.7 Å². The molecule has 2 aliphatic rings. The topological polar surface area (TPSA) is 44.8 Å². The van der Waals surface area contributed by atoms with Gasteiger partial charge in [-0.1, -0.05) is 81.4 Å². The van der Waals surface area contributed by atoms with Gasteiger partial charge in [0.2, 0.25) is 0 Å². The van der Waals surface area contributed by atoms with Crippen LogP contribution in [0.1, 0.15) is 33.6 Å². The van der Waals surface area contributed by atoms with Crippen LogP contribution in [0.4, 0.5) is 0 Å². The molecule has 0 aromatic heterocycles. The van der Waals surface area contributed by atoms with Gasteiger partial charge in [-0.15, -0.1) is 0 Å². The van der Waals surface area contributed by atoms with E-state index in [-0.39, 0.29) is 29.3 Å². The number of hydrogen-bond acceptors (Lipinski definition) is 4. The van der Waals surface area contributed by atoms with Crippen LogP contribution in [-0.2, 0) is 18.7 Å². The highest BCUT2D eigenvalue weighted by Gasteiger charge is 2.52. The Morgan fingerprint density at radius 3 is 2.04 bits per heavy atom. The summed E-state index contributed by atoms with van der Waals surface area (Å²) in [5.74, 6) is -0.222. The van der Waals surface area contributed by atoms with Crippen molar-refractivity contribution in [2.24, 2.45) is 0 Å². The van der Waals surface area contributed by atoms with Gasteiger partial charge in [0, 0.05) is 13.0 Å². The van der Waals surface area contributed by atoms with E-state index in [4.69, 9.17) is 13.9 Å². The second-order valence-corrected chi connectivity index (χ2v) is 13.0. The van der Waals surface area contributed by atoms with Crippen LogP contribution in [0.15, 0.2) is 60.7 Å². The summed E-state index contributed by atoms with van der Waals surface area (Å²) in [6, 6.07) is 21.3. The molecule has 0 saturated carbocycles. The van der Waals surface area contributed by atoms with E-state index in [9.17, 15) is 4.79 Å². The van der Waals surface area contributed by atoms with Crippen LogP contribution in [0.25, 0.3) is 0 Å². The predicted molar refractivity (Wildman–Crippen MR) is 111 cm³/mol. The molecule has 0 amide bonds. The minimum atomic E-state index is -2.51. The summed E-state index contributed by atoms with van der Waals surface area (Å²) < 4.78 is 17.9. The zero-order valence-electron chi connectivity index (χ0n) is 16.8. The number of rotatable bonds is 6. The highest BCUT2D eigenvalue weighted by atomic mass is 28.4. The lowest BCUT2D eigenvalue weighted by Gasteiger charge is -2.43. The van der Waals surface area contributed by atoms with Crippen molar-refractivity contribution in [3.8, 4) is 0 Å². The largest absolute Gasteiger partial charge is 0.457 e. The van der Waals surface area contributed by atoms with Gasteiger partial charge in [-0.2, -0.15) is 0 Å². The van der Waals surface area contributed by atoms with Crippen molar-refractivity contribution in [2.45, 2.75) is 57.0 Å². The van der Waals surface area contributed by atoms with E-state index in [1.807, 2.05) is 0 Å². The summed E-state index contributed by atoms with van der Waals surface area (Å²) in [6.07, 6.45) is 1.18. The third-order valence-corrected chi connectivity index (χ3v) is 10.9. The average Bonchev–Trinajstić information content (AvgIpc) is 3.02. The molecule has 0 N–H and O–H groups in total. The summed E-state index contributed by atoms with van der Waals surface area (Å²) in [6.45, 7) is 7.43. The number of benzene rings is 2. The van der Waals surface area contributed by atoms with Crippen molar-refractivity contribution in [3.63, 3.8) is 0 Å². The lowest BCUT2D eigenvalue weighted by atomic mass is 10.1. The van der Waals surface area contributed by atoms with Gasteiger partial charge in [-0.05, 0) is 21.8 Å². The highest BCUT2D eigenvalue weighted by molar-refractivity contribution is 6.99. The van der Waals surface area contributed by atoms with Crippen LogP contribution in [0.2, 0.25) is 5.04 Å². The SMILES string of the molecule is CC(C)(C)[Si](OCC[C@@H]1C[C@@H]2OC(=O)[C@@H]2O1)(c1ccccc1)c1ccccc1. The lowest BCUT2D eigenvalue weighted by molar-refractivity contribution is -0.191. The van der Waals surface area contributed by atoms with Gasteiger partial charge >= 0.3 is 5.97 Å². The summed E-state index contributed by atoms with van der Waals surface area (Å²) in [5.41, 5.74) is 0. The molecule has 0 bridgehead atoms. The molecule has 4 rings (SSSR count). The minimum absolute atomic E-state index is 0.0275. The van der Waals surface area contributed by atoms with E-state index in [2.05, 4.69) is 81.4 Å². The molecule has 2 saturated heterocycles. The van der Waals surface area contributed by atoms with Crippen molar-refractivity contribution in [1.29, 1.82) is 0 Å². The maximum Gasteiger partial charge on any atom is 0.339 e. The zero-order valence-corrected chi connectivity index (χ0v) is 17.8. The number of carbonyl (C=O) groups excluding carboxylic acids is 1. The van der Waals surface area contributed by atoms with Crippen LogP contribution in [0.5, 0.6) is 0 Å². The third kappa shape index (κ3) is 3.32. The van der Waals surface area contributed by atoms with Crippen LogP contribution in [-0.4, -0.2) is 39.2 Å². The molecule has 4 nitrogen and oxygen atoms in total. The van der Waals surface area contributed by atoms with Crippen LogP contribution in [0.3, 0.4) is 0 Å². The number of fused-ring (bicyclic) bond motifs is 1. The molecule has 2 aliphatic heterocycles. The summed E-state index contributed by atoms with van der Waals surface area (Å²) in [7, 11) is -2.51. The average molecular weight is 397 g/mol. The second-order valence-electron chi connectivity index (χ2n) is 8.69. The standard InChI is InChI=1S/C23H28O4Si/c1-23(2,3)28(18-10-6-4-7-11-18,19-12-8-5-9-13-19)25-15-14-17-16-20-21(26-17)22(24)27-20/h4-13,17,20-21H,14-16H2,1-3H3/t17-,20+,21-/m1/s1. The molecule has 2 fully saturated rings. The Labute approximate surface area is 167 Å². The first-order valence-corrected chi connectivity index (χ1v) is 11.9. The first-order valence-electron chi connectivity index (χ1n) is 10.0. The molecule has 0 radical (unpaired) electrons. The molecule has 2 heterocycles. The van der Waals surface area contributed by atoms with Gasteiger partial charge in [0.05, 0.1) is 6.10 Å². The van der Waals surface area contributed by atoms with Gasteiger partial charge in [-0.25, -0.2) is 4.79 Å². The molecular formula is C23H28O4Si. The Kier molecular flexibility index (Phi) is 5.16. The molecule has 5 heteroatoms. The smallest absolute Gasteiger partial charge is 0.339 e. The van der Waals surface area contributed by atoms with Gasteiger partial charge < -0.3 is 13.9 Å². The molecule has 148 valence electrons. The van der Waals surface area contributed by atoms with Crippen LogP contribution in [0, 0.1) is 0 Å². The monoisotopic (exact) mass is 396 g/mol. The van der Waals surface area contributed by atoms with E-state index < -0.39 is 8.32 Å². The zero-order chi connectivity index (χ0) is 19.8. The van der Waals surface area contributed by atoms with E-state index >= 15 is 0 Å². The van der Waals surface area contributed by atoms with Crippen LogP contribution < -0.4 is 10.4 Å². The maximum atomic E-state index is 11.4. The van der Waals surface area contributed by atoms with Crippen molar-refractivity contribution in [3.05, 3.63) is 60.7 Å². The minimum Gasteiger partial charge on any atom is -0.457 e. The lowest BCUT2D eigenvalue weighted by Crippen LogP contribution is -2.66. The Hall–Kier alpha value is -1.95. The molecule has 2 aromatic rings. The molecule has 28 heavy (non-hydrogen) atoms. The maximum absolute atomic E-state index is 11.4. The fourth-order valence-corrected chi connectivity index (χ4v) is 9.06. The molecule has 3 atom stereocenters. The number of hydrogen-bond donors (Lipinski definition) is 0. The number of ether oxygens (including phenoxy) is 2. The molecule has 0 aliphatic carbocycles. The Morgan fingerprint density at radius 2 is 1.57 bits per heavy atom.